The summed E-state index contributed by atoms with van der Waals surface area (Å²) in [6, 6.07) is 0.239. The van der Waals surface area contributed by atoms with Crippen LogP contribution in [-0.4, -0.2) is 40.9 Å². The zero-order valence-electron chi connectivity index (χ0n) is 9.65. The van der Waals surface area contributed by atoms with Gasteiger partial charge in [0.1, 0.15) is 6.61 Å². The fourth-order valence-electron chi connectivity index (χ4n) is 1.88. The van der Waals surface area contributed by atoms with Crippen molar-refractivity contribution in [3.05, 3.63) is 5.82 Å². The van der Waals surface area contributed by atoms with Gasteiger partial charge < -0.3 is 15.4 Å². The van der Waals surface area contributed by atoms with Crippen LogP contribution in [0.1, 0.15) is 25.6 Å². The maximum Gasteiger partial charge on any atom is 0.244 e. The second-order valence-electron chi connectivity index (χ2n) is 4.07. The highest BCUT2D eigenvalue weighted by Gasteiger charge is 2.19. The number of nitrogens with two attached hydrogens (primary N) is 1. The molecule has 1 atom stereocenters. The molecule has 1 unspecified atom stereocenters. The van der Waals surface area contributed by atoms with E-state index in [9.17, 15) is 0 Å². The Kier molecular flexibility index (Phi) is 3.74. The Balaban J connectivity index is 1.95. The van der Waals surface area contributed by atoms with Gasteiger partial charge in [0.25, 0.3) is 0 Å². The molecular weight excluding hydrogens is 206 g/mol. The van der Waals surface area contributed by atoms with Crippen LogP contribution in [-0.2, 0) is 11.3 Å². The molecule has 1 fully saturated rings. The summed E-state index contributed by atoms with van der Waals surface area (Å²) in [6.45, 7) is 4.96. The molecule has 0 radical (unpaired) electrons. The monoisotopic (exact) mass is 225 g/mol. The van der Waals surface area contributed by atoms with Crippen LogP contribution in [0.15, 0.2) is 0 Å². The molecule has 0 aromatic carbocycles. The first-order valence-electron chi connectivity index (χ1n) is 5.79. The third kappa shape index (κ3) is 2.70. The fourth-order valence-corrected chi connectivity index (χ4v) is 1.88. The molecular formula is C10H19N5O. The lowest BCUT2D eigenvalue weighted by atomic mass is 10.1. The SMILES string of the molecule is CCOCc1nc(N2CCCC(N)C2)n[nH]1. The molecule has 0 aliphatic carbocycles. The van der Waals surface area contributed by atoms with Crippen LogP contribution < -0.4 is 10.6 Å². The van der Waals surface area contributed by atoms with E-state index >= 15 is 0 Å². The van der Waals surface area contributed by atoms with Crippen molar-refractivity contribution in [3.63, 3.8) is 0 Å². The van der Waals surface area contributed by atoms with Gasteiger partial charge in [-0.3, -0.25) is 5.10 Å². The first-order valence-corrected chi connectivity index (χ1v) is 5.79. The zero-order chi connectivity index (χ0) is 11.4. The third-order valence-electron chi connectivity index (χ3n) is 2.70. The van der Waals surface area contributed by atoms with Gasteiger partial charge in [0.05, 0.1) is 0 Å². The normalized spacial score (nSPS) is 21.4. The van der Waals surface area contributed by atoms with Gasteiger partial charge in [-0.05, 0) is 19.8 Å². The molecule has 1 aromatic rings. The summed E-state index contributed by atoms with van der Waals surface area (Å²) in [5.74, 6) is 1.51. The van der Waals surface area contributed by atoms with E-state index in [0.29, 0.717) is 13.2 Å². The van der Waals surface area contributed by atoms with Crippen molar-refractivity contribution in [2.75, 3.05) is 24.6 Å². The standard InChI is InChI=1S/C10H19N5O/c1-2-16-7-9-12-10(14-13-9)15-5-3-4-8(11)6-15/h8H,2-7,11H2,1H3,(H,12,13,14). The number of nitrogens with zero attached hydrogens (tertiary/aromatic N) is 3. The summed E-state index contributed by atoms with van der Waals surface area (Å²) < 4.78 is 5.26. The summed E-state index contributed by atoms with van der Waals surface area (Å²) in [5, 5.41) is 7.07. The summed E-state index contributed by atoms with van der Waals surface area (Å²) in [5.41, 5.74) is 5.92. The van der Waals surface area contributed by atoms with Crippen molar-refractivity contribution < 1.29 is 4.74 Å². The molecule has 2 heterocycles. The highest BCUT2D eigenvalue weighted by Crippen LogP contribution is 2.14. The molecule has 6 heteroatoms. The molecule has 6 nitrogen and oxygen atoms in total. The summed E-state index contributed by atoms with van der Waals surface area (Å²) in [4.78, 5) is 6.51. The van der Waals surface area contributed by atoms with E-state index in [4.69, 9.17) is 10.5 Å². The van der Waals surface area contributed by atoms with Crippen molar-refractivity contribution in [2.24, 2.45) is 5.73 Å². The second kappa shape index (κ2) is 5.27. The van der Waals surface area contributed by atoms with Crippen LogP contribution in [0.25, 0.3) is 0 Å². The maximum absolute atomic E-state index is 5.92. The molecule has 90 valence electrons. The molecule has 0 bridgehead atoms. The number of nitrogens with one attached hydrogen (secondary N) is 1. The molecule has 1 aromatic heterocycles. The summed E-state index contributed by atoms with van der Waals surface area (Å²) in [6.07, 6.45) is 2.20. The van der Waals surface area contributed by atoms with Crippen LogP contribution in [0.2, 0.25) is 0 Å². The lowest BCUT2D eigenvalue weighted by Crippen LogP contribution is -2.43. The minimum Gasteiger partial charge on any atom is -0.374 e. The smallest absolute Gasteiger partial charge is 0.244 e. The molecule has 3 N–H and O–H groups in total. The van der Waals surface area contributed by atoms with E-state index < -0.39 is 0 Å². The van der Waals surface area contributed by atoms with E-state index in [2.05, 4.69) is 20.1 Å². The Morgan fingerprint density at radius 3 is 3.25 bits per heavy atom. The number of piperidine rings is 1. The maximum atomic E-state index is 5.92. The lowest BCUT2D eigenvalue weighted by molar-refractivity contribution is 0.128. The van der Waals surface area contributed by atoms with Crippen molar-refractivity contribution in [3.8, 4) is 0 Å². The Morgan fingerprint density at radius 1 is 1.62 bits per heavy atom. The number of aromatic amines is 1. The van der Waals surface area contributed by atoms with Crippen molar-refractivity contribution in [1.82, 2.24) is 15.2 Å². The first kappa shape index (κ1) is 11.3. The van der Waals surface area contributed by atoms with Crippen LogP contribution in [0.5, 0.6) is 0 Å². The van der Waals surface area contributed by atoms with E-state index in [0.717, 1.165) is 37.7 Å². The molecule has 0 spiro atoms. The highest BCUT2D eigenvalue weighted by atomic mass is 16.5. The Bertz CT molecular complexity index is 327. The zero-order valence-corrected chi connectivity index (χ0v) is 9.65. The molecule has 1 saturated heterocycles. The number of ether oxygens (including phenoxy) is 1. The van der Waals surface area contributed by atoms with Crippen LogP contribution in [0.4, 0.5) is 5.95 Å². The number of hydrogen-bond donors (Lipinski definition) is 2. The van der Waals surface area contributed by atoms with Gasteiger partial charge in [-0.15, -0.1) is 5.10 Å². The van der Waals surface area contributed by atoms with Gasteiger partial charge in [0.2, 0.25) is 5.95 Å². The van der Waals surface area contributed by atoms with Gasteiger partial charge in [0, 0.05) is 25.7 Å². The van der Waals surface area contributed by atoms with E-state index in [-0.39, 0.29) is 6.04 Å². The van der Waals surface area contributed by atoms with Gasteiger partial charge in [-0.1, -0.05) is 0 Å². The van der Waals surface area contributed by atoms with E-state index in [1.54, 1.807) is 0 Å². The quantitative estimate of drug-likeness (QED) is 0.768. The first-order chi connectivity index (χ1) is 7.79. The third-order valence-corrected chi connectivity index (χ3v) is 2.70. The van der Waals surface area contributed by atoms with Gasteiger partial charge in [0.15, 0.2) is 5.82 Å². The average Bonchev–Trinajstić information content (AvgIpc) is 2.75. The Hall–Kier alpha value is -1.14. The average molecular weight is 225 g/mol. The number of hydrogen-bond acceptors (Lipinski definition) is 5. The molecule has 1 aliphatic heterocycles. The minimum absolute atomic E-state index is 0.239. The van der Waals surface area contributed by atoms with Gasteiger partial charge in [-0.2, -0.15) is 4.98 Å². The molecule has 1 aliphatic rings. The summed E-state index contributed by atoms with van der Waals surface area (Å²) in [7, 11) is 0. The minimum atomic E-state index is 0.239. The number of aromatic nitrogens is 3. The van der Waals surface area contributed by atoms with Crippen LogP contribution in [0.3, 0.4) is 0 Å². The van der Waals surface area contributed by atoms with Crippen LogP contribution in [0, 0.1) is 0 Å². The number of anilines is 1. The predicted molar refractivity (Wildman–Crippen MR) is 61.1 cm³/mol. The molecule has 0 saturated carbocycles. The van der Waals surface area contributed by atoms with Gasteiger partial charge >= 0.3 is 0 Å². The molecule has 2 rings (SSSR count). The van der Waals surface area contributed by atoms with Gasteiger partial charge in [-0.25, -0.2) is 0 Å². The Labute approximate surface area is 95.2 Å². The second-order valence-corrected chi connectivity index (χ2v) is 4.07. The Morgan fingerprint density at radius 2 is 2.50 bits per heavy atom. The van der Waals surface area contributed by atoms with E-state index in [1.165, 1.54) is 0 Å². The van der Waals surface area contributed by atoms with Crippen molar-refractivity contribution >= 4 is 5.95 Å². The number of H-pyrrole nitrogens is 1. The predicted octanol–water partition coefficient (Wildman–Crippen LogP) is 0.269. The van der Waals surface area contributed by atoms with E-state index in [1.807, 2.05) is 6.92 Å². The van der Waals surface area contributed by atoms with Crippen LogP contribution >= 0.6 is 0 Å². The molecule has 16 heavy (non-hydrogen) atoms. The van der Waals surface area contributed by atoms with Crippen molar-refractivity contribution in [2.45, 2.75) is 32.4 Å². The summed E-state index contributed by atoms with van der Waals surface area (Å²) >= 11 is 0. The lowest BCUT2D eigenvalue weighted by Gasteiger charge is -2.29. The largest absolute Gasteiger partial charge is 0.374 e. The van der Waals surface area contributed by atoms with Crippen molar-refractivity contribution in [1.29, 1.82) is 0 Å². The highest BCUT2D eigenvalue weighted by molar-refractivity contribution is 5.29. The topological polar surface area (TPSA) is 80.1 Å². The number of rotatable bonds is 4. The molecule has 0 amide bonds. The fraction of sp³-hybridized carbons (Fsp3) is 0.800.